The second kappa shape index (κ2) is 10.0. The first kappa shape index (κ1) is 22.1. The number of anilines is 1. The lowest BCUT2D eigenvalue weighted by Gasteiger charge is -2.37. The Balaban J connectivity index is 1.23. The number of ether oxygens (including phenoxy) is 1. The topological polar surface area (TPSA) is 48.9 Å². The van der Waals surface area contributed by atoms with Gasteiger partial charge in [0.05, 0.1) is 6.04 Å². The molecule has 0 spiro atoms. The Bertz CT molecular complexity index is 866. The number of nitrogens with zero attached hydrogens (tertiary/aromatic N) is 4. The number of hydrogen-bond donors (Lipinski definition) is 0. The van der Waals surface area contributed by atoms with Crippen molar-refractivity contribution in [2.75, 3.05) is 51.3 Å². The van der Waals surface area contributed by atoms with Crippen molar-refractivity contribution in [3.63, 3.8) is 0 Å². The molecule has 31 heavy (non-hydrogen) atoms. The van der Waals surface area contributed by atoms with Crippen LogP contribution in [0.1, 0.15) is 31.2 Å². The molecule has 1 amide bonds. The van der Waals surface area contributed by atoms with Gasteiger partial charge in [0, 0.05) is 50.4 Å². The molecule has 0 N–H and O–H groups in total. The van der Waals surface area contributed by atoms with Gasteiger partial charge < -0.3 is 14.5 Å². The monoisotopic (exact) mass is 486 g/mol. The minimum absolute atomic E-state index is 0.0665. The first-order valence-corrected chi connectivity index (χ1v) is 11.9. The normalized spacial score (nSPS) is 20.9. The summed E-state index contributed by atoms with van der Waals surface area (Å²) in [6.07, 6.45) is 4.13. The van der Waals surface area contributed by atoms with E-state index in [2.05, 4.69) is 67.1 Å². The highest BCUT2D eigenvalue weighted by atomic mass is 79.9. The number of carbonyl (C=O) groups excluding carboxylic acids is 1. The minimum atomic E-state index is -0.0665. The van der Waals surface area contributed by atoms with Gasteiger partial charge in [-0.15, -0.1) is 0 Å². The summed E-state index contributed by atoms with van der Waals surface area (Å²) in [7, 11) is 1.87. The first-order chi connectivity index (χ1) is 15.0. The fraction of sp³-hybridized carbons (Fsp3) is 0.500. The van der Waals surface area contributed by atoms with Crippen LogP contribution in [-0.4, -0.2) is 73.1 Å². The number of piperazine rings is 1. The van der Waals surface area contributed by atoms with Gasteiger partial charge in [-0.25, -0.2) is 4.98 Å². The molecule has 0 unspecified atom stereocenters. The van der Waals surface area contributed by atoms with Crippen molar-refractivity contribution in [1.82, 2.24) is 14.8 Å². The Morgan fingerprint density at radius 2 is 1.81 bits per heavy atom. The molecule has 2 saturated heterocycles. The molecule has 2 aromatic rings. The van der Waals surface area contributed by atoms with Crippen LogP contribution in [0.15, 0.2) is 47.1 Å². The van der Waals surface area contributed by atoms with Gasteiger partial charge in [0.25, 0.3) is 0 Å². The maximum absolute atomic E-state index is 12.1. The van der Waals surface area contributed by atoms with Crippen molar-refractivity contribution in [2.24, 2.45) is 0 Å². The maximum Gasteiger partial charge on any atom is 0.239 e. The Morgan fingerprint density at radius 3 is 2.48 bits per heavy atom. The summed E-state index contributed by atoms with van der Waals surface area (Å²) in [5.74, 6) is 2.73. The lowest BCUT2D eigenvalue weighted by atomic mass is 9.89. The van der Waals surface area contributed by atoms with Crippen LogP contribution in [0.5, 0.6) is 5.75 Å². The molecule has 2 aliphatic rings. The van der Waals surface area contributed by atoms with E-state index in [0.29, 0.717) is 12.5 Å². The summed E-state index contributed by atoms with van der Waals surface area (Å²) in [6, 6.07) is 12.6. The number of hydrogen-bond acceptors (Lipinski definition) is 5. The Morgan fingerprint density at radius 1 is 1.06 bits per heavy atom. The molecule has 1 aromatic carbocycles. The van der Waals surface area contributed by atoms with Crippen molar-refractivity contribution >= 4 is 27.7 Å². The van der Waals surface area contributed by atoms with Crippen molar-refractivity contribution < 1.29 is 9.53 Å². The third-order valence-electron chi connectivity index (χ3n) is 6.53. The van der Waals surface area contributed by atoms with Gasteiger partial charge in [-0.3, -0.25) is 9.69 Å². The van der Waals surface area contributed by atoms with Gasteiger partial charge in [0.2, 0.25) is 5.91 Å². The van der Waals surface area contributed by atoms with Gasteiger partial charge in [0.15, 0.2) is 0 Å². The van der Waals surface area contributed by atoms with Crippen LogP contribution in [0.4, 0.5) is 5.82 Å². The fourth-order valence-corrected chi connectivity index (χ4v) is 4.71. The van der Waals surface area contributed by atoms with Crippen LogP contribution >= 0.6 is 15.9 Å². The predicted molar refractivity (Wildman–Crippen MR) is 127 cm³/mol. The first-order valence-electron chi connectivity index (χ1n) is 11.1. The van der Waals surface area contributed by atoms with Crippen LogP contribution in [-0.2, 0) is 4.79 Å². The van der Waals surface area contributed by atoms with Crippen LogP contribution < -0.4 is 9.64 Å². The molecule has 4 rings (SSSR count). The number of halogens is 1. The summed E-state index contributed by atoms with van der Waals surface area (Å²) in [4.78, 5) is 23.0. The molecule has 7 heteroatoms. The summed E-state index contributed by atoms with van der Waals surface area (Å²) >= 11 is 3.45. The molecule has 1 atom stereocenters. The Kier molecular flexibility index (Phi) is 7.13. The van der Waals surface area contributed by atoms with Crippen molar-refractivity contribution in [3.05, 3.63) is 52.6 Å². The molecule has 6 nitrogen and oxygen atoms in total. The number of likely N-dealkylation sites (N-methyl/N-ethyl adjacent to an activating group) is 1. The van der Waals surface area contributed by atoms with Gasteiger partial charge >= 0.3 is 0 Å². The van der Waals surface area contributed by atoms with E-state index in [1.54, 1.807) is 4.90 Å². The van der Waals surface area contributed by atoms with Crippen LogP contribution in [0.2, 0.25) is 0 Å². The second-order valence-electron chi connectivity index (χ2n) is 8.49. The largest absolute Gasteiger partial charge is 0.492 e. The number of benzene rings is 1. The zero-order valence-electron chi connectivity index (χ0n) is 18.3. The number of amides is 1. The van der Waals surface area contributed by atoms with Crippen molar-refractivity contribution in [1.29, 1.82) is 0 Å². The van der Waals surface area contributed by atoms with Crippen LogP contribution in [0.3, 0.4) is 0 Å². The third-order valence-corrected chi connectivity index (χ3v) is 7.00. The standard InChI is InChI=1S/C24H31BrN4O2/c1-18-24(30)27(2)13-14-28(18)15-16-31-22-6-3-19(4-7-22)20-9-11-29(12-10-20)23-8-5-21(25)17-26-23/h3-8,17-18,20H,9-16H2,1-2H3/t18-/m1/s1. The van der Waals surface area contributed by atoms with E-state index in [1.807, 2.05) is 20.2 Å². The molecular weight excluding hydrogens is 456 g/mol. The highest BCUT2D eigenvalue weighted by Gasteiger charge is 2.28. The molecule has 1 aromatic heterocycles. The maximum atomic E-state index is 12.1. The number of pyridine rings is 1. The molecule has 0 radical (unpaired) electrons. The smallest absolute Gasteiger partial charge is 0.239 e. The zero-order chi connectivity index (χ0) is 21.8. The van der Waals surface area contributed by atoms with E-state index < -0.39 is 0 Å². The Hall–Kier alpha value is -2.12. The average molecular weight is 487 g/mol. The van der Waals surface area contributed by atoms with E-state index in [4.69, 9.17) is 4.74 Å². The summed E-state index contributed by atoms with van der Waals surface area (Å²) in [5.41, 5.74) is 1.38. The van der Waals surface area contributed by atoms with Crippen molar-refractivity contribution in [2.45, 2.75) is 31.7 Å². The number of aromatic nitrogens is 1. The Labute approximate surface area is 193 Å². The number of piperidine rings is 1. The summed E-state index contributed by atoms with van der Waals surface area (Å²) in [6.45, 7) is 7.09. The molecular formula is C24H31BrN4O2. The lowest BCUT2D eigenvalue weighted by Crippen LogP contribution is -2.55. The molecule has 2 fully saturated rings. The van der Waals surface area contributed by atoms with E-state index in [-0.39, 0.29) is 11.9 Å². The molecule has 166 valence electrons. The van der Waals surface area contributed by atoms with Crippen LogP contribution in [0, 0.1) is 0 Å². The zero-order valence-corrected chi connectivity index (χ0v) is 19.9. The van der Waals surface area contributed by atoms with Gasteiger partial charge in [-0.2, -0.15) is 0 Å². The molecule has 3 heterocycles. The fourth-order valence-electron chi connectivity index (χ4n) is 4.48. The summed E-state index contributed by atoms with van der Waals surface area (Å²) in [5, 5.41) is 0. The highest BCUT2D eigenvalue weighted by Crippen LogP contribution is 2.31. The quantitative estimate of drug-likeness (QED) is 0.621. The van der Waals surface area contributed by atoms with Gasteiger partial charge in [-0.1, -0.05) is 12.1 Å². The average Bonchev–Trinajstić information content (AvgIpc) is 2.80. The second-order valence-corrected chi connectivity index (χ2v) is 9.40. The van der Waals surface area contributed by atoms with Crippen LogP contribution in [0.25, 0.3) is 0 Å². The molecule has 2 aliphatic heterocycles. The van der Waals surface area contributed by atoms with E-state index >= 15 is 0 Å². The third kappa shape index (κ3) is 5.39. The van der Waals surface area contributed by atoms with E-state index in [1.165, 1.54) is 5.56 Å². The minimum Gasteiger partial charge on any atom is -0.492 e. The molecule has 0 aliphatic carbocycles. The van der Waals surface area contributed by atoms with Gasteiger partial charge in [0.1, 0.15) is 18.2 Å². The van der Waals surface area contributed by atoms with E-state index in [0.717, 1.165) is 61.6 Å². The van der Waals surface area contributed by atoms with Gasteiger partial charge in [-0.05, 0) is 71.4 Å². The molecule has 0 saturated carbocycles. The molecule has 0 bridgehead atoms. The van der Waals surface area contributed by atoms with Crippen molar-refractivity contribution in [3.8, 4) is 5.75 Å². The lowest BCUT2D eigenvalue weighted by molar-refractivity contribution is -0.139. The predicted octanol–water partition coefficient (Wildman–Crippen LogP) is 3.77. The number of carbonyl (C=O) groups is 1. The van der Waals surface area contributed by atoms with E-state index in [9.17, 15) is 4.79 Å². The number of rotatable bonds is 6. The highest BCUT2D eigenvalue weighted by molar-refractivity contribution is 9.10. The SMILES string of the molecule is C[C@@H]1C(=O)N(C)CCN1CCOc1ccc(C2CCN(c3ccc(Br)cn3)CC2)cc1. The summed E-state index contributed by atoms with van der Waals surface area (Å²) < 4.78 is 6.97.